The van der Waals surface area contributed by atoms with Crippen LogP contribution in [0.25, 0.3) is 11.3 Å². The molecule has 9 heteroatoms. The Kier molecular flexibility index (Phi) is 7.65. The number of nitrogens with zero attached hydrogens (tertiary/aromatic N) is 2. The Bertz CT molecular complexity index is 1090. The maximum absolute atomic E-state index is 12.7. The lowest BCUT2D eigenvalue weighted by atomic mass is 9.77. The number of hydrogen-bond acceptors (Lipinski definition) is 7. The number of nitroso groups, excluding NO2 is 1. The molecule has 33 heavy (non-hydrogen) atoms. The molecule has 1 aliphatic rings. The molecule has 1 aromatic heterocycles. The highest BCUT2D eigenvalue weighted by Gasteiger charge is 2.37. The molecule has 1 aromatic carbocycles. The number of rotatable bonds is 10. The molecule has 1 unspecified atom stereocenters. The van der Waals surface area contributed by atoms with Gasteiger partial charge in [-0.1, -0.05) is 13.8 Å². The maximum Gasteiger partial charge on any atom is 0.322 e. The summed E-state index contributed by atoms with van der Waals surface area (Å²) in [6.07, 6.45) is 2.77. The van der Waals surface area contributed by atoms with Crippen LogP contribution in [-0.4, -0.2) is 51.6 Å². The molecule has 9 nitrogen and oxygen atoms in total. The van der Waals surface area contributed by atoms with Crippen LogP contribution >= 0.6 is 0 Å². The number of hydrogen-bond donors (Lipinski definition) is 0. The van der Waals surface area contributed by atoms with Crippen LogP contribution in [0.2, 0.25) is 0 Å². The first-order valence-corrected chi connectivity index (χ1v) is 10.7. The Labute approximate surface area is 192 Å². The predicted octanol–water partition coefficient (Wildman–Crippen LogP) is 3.62. The number of ether oxygens (including phenoxy) is 4. The first-order chi connectivity index (χ1) is 15.8. The maximum atomic E-state index is 12.7. The van der Waals surface area contributed by atoms with E-state index >= 15 is 0 Å². The van der Waals surface area contributed by atoms with Crippen molar-refractivity contribution in [2.75, 3.05) is 41.2 Å². The van der Waals surface area contributed by atoms with Gasteiger partial charge in [0.25, 0.3) is 0 Å². The van der Waals surface area contributed by atoms with E-state index in [1.165, 1.54) is 12.3 Å². The zero-order valence-corrected chi connectivity index (χ0v) is 19.7. The third-order valence-corrected chi connectivity index (χ3v) is 5.98. The molecular formula is C24H30N2O7. The van der Waals surface area contributed by atoms with Crippen molar-refractivity contribution < 1.29 is 23.7 Å². The van der Waals surface area contributed by atoms with E-state index in [9.17, 15) is 14.5 Å². The van der Waals surface area contributed by atoms with E-state index < -0.39 is 11.3 Å². The SMILES string of the molecule is COCCCOc1cc2c(cc1OC)-c1cc(=O)c(C(=O)N=O)cn1C(C(C)(C)COC)C2. The normalized spacial score (nSPS) is 14.9. The summed E-state index contributed by atoms with van der Waals surface area (Å²) in [5, 5.41) is 2.44. The van der Waals surface area contributed by atoms with E-state index in [-0.39, 0.29) is 17.0 Å². The Morgan fingerprint density at radius 1 is 1.12 bits per heavy atom. The fourth-order valence-corrected chi connectivity index (χ4v) is 4.33. The van der Waals surface area contributed by atoms with Crippen LogP contribution in [0.3, 0.4) is 0 Å². The highest BCUT2D eigenvalue weighted by Crippen LogP contribution is 2.46. The first kappa shape index (κ1) is 24.6. The molecule has 2 aromatic rings. The molecule has 2 heterocycles. The minimum Gasteiger partial charge on any atom is -0.493 e. The molecule has 0 aliphatic carbocycles. The van der Waals surface area contributed by atoms with E-state index in [0.29, 0.717) is 43.4 Å². The van der Waals surface area contributed by atoms with Crippen molar-refractivity contribution >= 4 is 5.91 Å². The summed E-state index contributed by atoms with van der Waals surface area (Å²) in [5.74, 6) is 0.0691. The van der Waals surface area contributed by atoms with Crippen LogP contribution in [-0.2, 0) is 15.9 Å². The fourth-order valence-electron chi connectivity index (χ4n) is 4.33. The van der Waals surface area contributed by atoms with E-state index in [0.717, 1.165) is 17.5 Å². The van der Waals surface area contributed by atoms with Crippen LogP contribution < -0.4 is 14.9 Å². The molecule has 0 radical (unpaired) electrons. The summed E-state index contributed by atoms with van der Waals surface area (Å²) in [6, 6.07) is 5.00. The number of pyridine rings is 1. The molecular weight excluding hydrogens is 428 g/mol. The third kappa shape index (κ3) is 4.99. The fraction of sp³-hybridized carbons (Fsp3) is 0.500. The van der Waals surface area contributed by atoms with Crippen LogP contribution in [0.15, 0.2) is 34.4 Å². The highest BCUT2D eigenvalue weighted by molar-refractivity contribution is 5.94. The summed E-state index contributed by atoms with van der Waals surface area (Å²) in [7, 11) is 4.83. The smallest absolute Gasteiger partial charge is 0.322 e. The van der Waals surface area contributed by atoms with Crippen molar-refractivity contribution in [2.24, 2.45) is 10.6 Å². The Hall–Kier alpha value is -3.04. The molecule has 0 N–H and O–H groups in total. The van der Waals surface area contributed by atoms with Gasteiger partial charge in [-0.3, -0.25) is 9.59 Å². The van der Waals surface area contributed by atoms with Gasteiger partial charge in [-0.2, -0.15) is 0 Å². The van der Waals surface area contributed by atoms with Gasteiger partial charge < -0.3 is 23.5 Å². The number of carbonyl (C=O) groups excluding carboxylic acids is 1. The summed E-state index contributed by atoms with van der Waals surface area (Å²) >= 11 is 0. The lowest BCUT2D eigenvalue weighted by Crippen LogP contribution is -2.37. The average molecular weight is 459 g/mol. The van der Waals surface area contributed by atoms with Crippen molar-refractivity contribution in [1.29, 1.82) is 0 Å². The van der Waals surface area contributed by atoms with Gasteiger partial charge in [-0.25, -0.2) is 0 Å². The minimum atomic E-state index is -1.08. The summed E-state index contributed by atoms with van der Waals surface area (Å²) in [4.78, 5) is 35.5. The Morgan fingerprint density at radius 2 is 1.88 bits per heavy atom. The zero-order chi connectivity index (χ0) is 24.2. The Morgan fingerprint density at radius 3 is 2.52 bits per heavy atom. The van der Waals surface area contributed by atoms with Crippen molar-refractivity contribution in [3.63, 3.8) is 0 Å². The summed E-state index contributed by atoms with van der Waals surface area (Å²) in [6.45, 7) is 5.62. The number of fused-ring (bicyclic) bond motifs is 3. The molecule has 1 aliphatic heterocycles. The molecule has 0 saturated heterocycles. The lowest BCUT2D eigenvalue weighted by molar-refractivity contribution is 0.0623. The number of benzene rings is 1. The summed E-state index contributed by atoms with van der Waals surface area (Å²) in [5.41, 5.74) is 1.25. The molecule has 178 valence electrons. The number of methoxy groups -OCH3 is 3. The van der Waals surface area contributed by atoms with Crippen LogP contribution in [0.4, 0.5) is 0 Å². The van der Waals surface area contributed by atoms with Crippen molar-refractivity contribution in [2.45, 2.75) is 32.7 Å². The molecule has 0 bridgehead atoms. The van der Waals surface area contributed by atoms with Gasteiger partial charge in [0, 0.05) is 61.7 Å². The van der Waals surface area contributed by atoms with Gasteiger partial charge in [0.1, 0.15) is 5.56 Å². The quantitative estimate of drug-likeness (QED) is 0.395. The monoisotopic (exact) mass is 458 g/mol. The van der Waals surface area contributed by atoms with Gasteiger partial charge in [0.2, 0.25) is 0 Å². The average Bonchev–Trinajstić information content (AvgIpc) is 2.79. The zero-order valence-electron chi connectivity index (χ0n) is 19.7. The molecule has 1 atom stereocenters. The van der Waals surface area contributed by atoms with Crippen LogP contribution in [0.5, 0.6) is 11.5 Å². The number of carbonyl (C=O) groups is 1. The van der Waals surface area contributed by atoms with Crippen molar-refractivity contribution in [3.8, 4) is 22.8 Å². The lowest BCUT2D eigenvalue weighted by Gasteiger charge is -2.40. The first-order valence-electron chi connectivity index (χ1n) is 10.7. The van der Waals surface area contributed by atoms with E-state index in [4.69, 9.17) is 18.9 Å². The molecule has 3 rings (SSSR count). The number of amides is 1. The third-order valence-electron chi connectivity index (χ3n) is 5.98. The van der Waals surface area contributed by atoms with E-state index in [1.807, 2.05) is 16.7 Å². The second-order valence-electron chi connectivity index (χ2n) is 8.74. The Balaban J connectivity index is 2.17. The van der Waals surface area contributed by atoms with E-state index in [1.54, 1.807) is 21.3 Å². The second kappa shape index (κ2) is 10.3. The highest BCUT2D eigenvalue weighted by atomic mass is 16.5. The predicted molar refractivity (Wildman–Crippen MR) is 123 cm³/mol. The van der Waals surface area contributed by atoms with Gasteiger partial charge in [-0.05, 0) is 24.1 Å². The van der Waals surface area contributed by atoms with Gasteiger partial charge in [0.15, 0.2) is 16.9 Å². The van der Waals surface area contributed by atoms with E-state index in [2.05, 4.69) is 19.0 Å². The minimum absolute atomic E-state index is 0.159. The van der Waals surface area contributed by atoms with Crippen LogP contribution in [0.1, 0.15) is 42.2 Å². The molecule has 1 amide bonds. The standard InChI is InChI=1S/C24H30N2O7/c1-24(2,14-31-4)22-10-15-9-21(33-8-6-7-30-3)20(32-5)11-16(15)18-12-19(27)17(13-26(18)22)23(28)25-29/h9,11-13,22H,6-8,10,14H2,1-5H3. The van der Waals surface area contributed by atoms with Gasteiger partial charge in [0.05, 0.1) is 26.0 Å². The summed E-state index contributed by atoms with van der Waals surface area (Å²) < 4.78 is 23.9. The topological polar surface area (TPSA) is 105 Å². The molecule has 0 fully saturated rings. The van der Waals surface area contributed by atoms with Crippen molar-refractivity contribution in [1.82, 2.24) is 4.57 Å². The molecule has 0 spiro atoms. The van der Waals surface area contributed by atoms with Gasteiger partial charge in [-0.15, -0.1) is 4.91 Å². The van der Waals surface area contributed by atoms with Gasteiger partial charge >= 0.3 is 5.91 Å². The van der Waals surface area contributed by atoms with Crippen molar-refractivity contribution in [3.05, 3.63) is 50.7 Å². The number of aromatic nitrogens is 1. The van der Waals surface area contributed by atoms with Crippen LogP contribution in [0, 0.1) is 10.3 Å². The largest absolute Gasteiger partial charge is 0.493 e. The molecule has 0 saturated carbocycles. The second-order valence-corrected chi connectivity index (χ2v) is 8.74.